The molecule has 0 bridgehead atoms. The second kappa shape index (κ2) is 9.77. The van der Waals surface area contributed by atoms with Crippen molar-refractivity contribution in [2.75, 3.05) is 13.1 Å². The number of hydrogen-bond acceptors (Lipinski definition) is 2. The van der Waals surface area contributed by atoms with E-state index in [1.54, 1.807) is 0 Å². The molecule has 1 aliphatic carbocycles. The first kappa shape index (κ1) is 19.7. The van der Waals surface area contributed by atoms with E-state index in [4.69, 9.17) is 0 Å². The lowest BCUT2D eigenvalue weighted by molar-refractivity contribution is -0.122. The Morgan fingerprint density at radius 3 is 2.52 bits per heavy atom. The summed E-state index contributed by atoms with van der Waals surface area (Å²) in [7, 11) is 0. The third-order valence-corrected chi connectivity index (χ3v) is 5.88. The van der Waals surface area contributed by atoms with E-state index in [0.29, 0.717) is 24.9 Å². The van der Waals surface area contributed by atoms with Gasteiger partial charge in [0.05, 0.1) is 0 Å². The Kier molecular flexibility index (Phi) is 7.13. The highest BCUT2D eigenvalue weighted by Gasteiger charge is 2.26. The summed E-state index contributed by atoms with van der Waals surface area (Å²) in [4.78, 5) is 26.6. The Morgan fingerprint density at radius 1 is 1.07 bits per heavy atom. The maximum atomic E-state index is 12.4. The predicted octanol–water partition coefficient (Wildman–Crippen LogP) is 3.76. The molecule has 0 aromatic heterocycles. The van der Waals surface area contributed by atoms with Crippen molar-refractivity contribution < 1.29 is 9.59 Å². The highest BCUT2D eigenvalue weighted by Crippen LogP contribution is 2.22. The number of aryl methyl sites for hydroxylation is 1. The van der Waals surface area contributed by atoms with Crippen LogP contribution in [0.25, 0.3) is 0 Å². The predicted molar refractivity (Wildman–Crippen MR) is 107 cm³/mol. The third kappa shape index (κ3) is 6.26. The van der Waals surface area contributed by atoms with E-state index in [-0.39, 0.29) is 11.9 Å². The SMILES string of the molecule is Cc1cccc(CNC(=O)CC2CCN(C(=O)NC3CCCCC3)CC2)c1. The normalized spacial score (nSPS) is 18.9. The van der Waals surface area contributed by atoms with Crippen LogP contribution in [0, 0.1) is 12.8 Å². The second-order valence-corrected chi connectivity index (χ2v) is 8.18. The topological polar surface area (TPSA) is 61.4 Å². The molecule has 1 saturated carbocycles. The molecule has 148 valence electrons. The summed E-state index contributed by atoms with van der Waals surface area (Å²) < 4.78 is 0. The van der Waals surface area contributed by atoms with Gasteiger partial charge in [0.2, 0.25) is 5.91 Å². The number of amides is 3. The monoisotopic (exact) mass is 371 g/mol. The van der Waals surface area contributed by atoms with Gasteiger partial charge in [0.15, 0.2) is 0 Å². The number of carbonyl (C=O) groups excluding carboxylic acids is 2. The summed E-state index contributed by atoms with van der Waals surface area (Å²) in [6, 6.07) is 8.66. The van der Waals surface area contributed by atoms with E-state index in [2.05, 4.69) is 29.7 Å². The molecule has 1 aromatic rings. The van der Waals surface area contributed by atoms with Crippen LogP contribution < -0.4 is 10.6 Å². The average Bonchev–Trinajstić information content (AvgIpc) is 2.68. The van der Waals surface area contributed by atoms with Gasteiger partial charge in [0.25, 0.3) is 0 Å². The molecule has 1 aliphatic heterocycles. The molecule has 27 heavy (non-hydrogen) atoms. The summed E-state index contributed by atoms with van der Waals surface area (Å²) in [5, 5.41) is 6.22. The first-order chi connectivity index (χ1) is 13.1. The van der Waals surface area contributed by atoms with E-state index >= 15 is 0 Å². The summed E-state index contributed by atoms with van der Waals surface area (Å²) >= 11 is 0. The van der Waals surface area contributed by atoms with Gasteiger partial charge in [0, 0.05) is 32.1 Å². The van der Waals surface area contributed by atoms with Crippen LogP contribution in [0.5, 0.6) is 0 Å². The molecule has 2 N–H and O–H groups in total. The zero-order valence-corrected chi connectivity index (χ0v) is 16.5. The molecular weight excluding hydrogens is 338 g/mol. The molecule has 3 amide bonds. The molecule has 1 aromatic carbocycles. The molecule has 2 fully saturated rings. The smallest absolute Gasteiger partial charge is 0.317 e. The van der Waals surface area contributed by atoms with E-state index in [1.807, 2.05) is 17.0 Å². The molecular formula is C22H33N3O2. The van der Waals surface area contributed by atoms with E-state index in [0.717, 1.165) is 44.3 Å². The lowest BCUT2D eigenvalue weighted by Crippen LogP contribution is -2.48. The Bertz CT molecular complexity index is 632. The Balaban J connectivity index is 1.34. The lowest BCUT2D eigenvalue weighted by Gasteiger charge is -2.33. The van der Waals surface area contributed by atoms with Gasteiger partial charge in [-0.05, 0) is 44.1 Å². The van der Waals surface area contributed by atoms with Gasteiger partial charge in [0.1, 0.15) is 0 Å². The van der Waals surface area contributed by atoms with Crippen LogP contribution in [-0.4, -0.2) is 36.0 Å². The number of likely N-dealkylation sites (tertiary alicyclic amines) is 1. The van der Waals surface area contributed by atoms with Gasteiger partial charge < -0.3 is 15.5 Å². The number of carbonyl (C=O) groups is 2. The van der Waals surface area contributed by atoms with Crippen molar-refractivity contribution in [3.05, 3.63) is 35.4 Å². The van der Waals surface area contributed by atoms with E-state index < -0.39 is 0 Å². The molecule has 2 aliphatic rings. The minimum Gasteiger partial charge on any atom is -0.352 e. The Labute approximate surface area is 162 Å². The van der Waals surface area contributed by atoms with Gasteiger partial charge >= 0.3 is 6.03 Å². The molecule has 1 heterocycles. The maximum absolute atomic E-state index is 12.4. The van der Waals surface area contributed by atoms with Crippen LogP contribution in [0.4, 0.5) is 4.79 Å². The first-order valence-electron chi connectivity index (χ1n) is 10.5. The Morgan fingerprint density at radius 2 is 1.81 bits per heavy atom. The van der Waals surface area contributed by atoms with Gasteiger partial charge in [-0.3, -0.25) is 4.79 Å². The fourth-order valence-electron chi connectivity index (χ4n) is 4.21. The fraction of sp³-hybridized carbons (Fsp3) is 0.636. The highest BCUT2D eigenvalue weighted by atomic mass is 16.2. The van der Waals surface area contributed by atoms with Crippen molar-refractivity contribution in [3.63, 3.8) is 0 Å². The number of nitrogens with one attached hydrogen (secondary N) is 2. The minimum absolute atomic E-state index is 0.0873. The molecule has 5 heteroatoms. The summed E-state index contributed by atoms with van der Waals surface area (Å²) in [6.07, 6.45) is 8.36. The standard InChI is InChI=1S/C22H33N3O2/c1-17-6-5-7-19(14-17)16-23-21(26)15-18-10-12-25(13-11-18)22(27)24-20-8-3-2-4-9-20/h5-7,14,18,20H,2-4,8-13,15-16H2,1H3,(H,23,26)(H,24,27). The van der Waals surface area contributed by atoms with E-state index in [1.165, 1.54) is 24.8 Å². The third-order valence-electron chi connectivity index (χ3n) is 5.88. The van der Waals surface area contributed by atoms with Crippen molar-refractivity contribution in [2.24, 2.45) is 5.92 Å². The van der Waals surface area contributed by atoms with Gasteiger partial charge in [-0.2, -0.15) is 0 Å². The van der Waals surface area contributed by atoms with Crippen molar-refractivity contribution in [2.45, 2.75) is 70.9 Å². The fourth-order valence-corrected chi connectivity index (χ4v) is 4.21. The largest absolute Gasteiger partial charge is 0.352 e. The van der Waals surface area contributed by atoms with Crippen LogP contribution in [0.1, 0.15) is 62.5 Å². The van der Waals surface area contributed by atoms with Crippen molar-refractivity contribution >= 4 is 11.9 Å². The number of urea groups is 1. The number of nitrogens with zero attached hydrogens (tertiary/aromatic N) is 1. The summed E-state index contributed by atoms with van der Waals surface area (Å²) in [6.45, 7) is 4.16. The summed E-state index contributed by atoms with van der Waals surface area (Å²) in [5.41, 5.74) is 2.35. The Hall–Kier alpha value is -2.04. The average molecular weight is 372 g/mol. The molecule has 5 nitrogen and oxygen atoms in total. The molecule has 3 rings (SSSR count). The van der Waals surface area contributed by atoms with Crippen LogP contribution in [-0.2, 0) is 11.3 Å². The zero-order valence-electron chi connectivity index (χ0n) is 16.5. The second-order valence-electron chi connectivity index (χ2n) is 8.18. The van der Waals surface area contributed by atoms with Gasteiger partial charge in [-0.15, -0.1) is 0 Å². The molecule has 1 saturated heterocycles. The van der Waals surface area contributed by atoms with Crippen LogP contribution in [0.15, 0.2) is 24.3 Å². The number of piperidine rings is 1. The van der Waals surface area contributed by atoms with Crippen LogP contribution >= 0.6 is 0 Å². The number of hydrogen-bond donors (Lipinski definition) is 2. The summed E-state index contributed by atoms with van der Waals surface area (Å²) in [5.74, 6) is 0.489. The molecule has 0 unspecified atom stereocenters. The lowest BCUT2D eigenvalue weighted by atomic mass is 9.93. The quantitative estimate of drug-likeness (QED) is 0.828. The van der Waals surface area contributed by atoms with Crippen molar-refractivity contribution in [1.29, 1.82) is 0 Å². The van der Waals surface area contributed by atoms with Gasteiger partial charge in [-0.1, -0.05) is 49.1 Å². The zero-order chi connectivity index (χ0) is 19.1. The number of rotatable bonds is 5. The van der Waals surface area contributed by atoms with E-state index in [9.17, 15) is 9.59 Å². The van der Waals surface area contributed by atoms with Crippen LogP contribution in [0.3, 0.4) is 0 Å². The van der Waals surface area contributed by atoms with Gasteiger partial charge in [-0.25, -0.2) is 4.79 Å². The van der Waals surface area contributed by atoms with Crippen LogP contribution in [0.2, 0.25) is 0 Å². The minimum atomic E-state index is 0.0873. The van der Waals surface area contributed by atoms with Crippen molar-refractivity contribution in [1.82, 2.24) is 15.5 Å². The number of benzene rings is 1. The highest BCUT2D eigenvalue weighted by molar-refractivity contribution is 5.76. The first-order valence-corrected chi connectivity index (χ1v) is 10.5. The van der Waals surface area contributed by atoms with Crippen molar-refractivity contribution in [3.8, 4) is 0 Å². The molecule has 0 atom stereocenters. The maximum Gasteiger partial charge on any atom is 0.317 e. The molecule has 0 radical (unpaired) electrons. The molecule has 0 spiro atoms.